The highest BCUT2D eigenvalue weighted by molar-refractivity contribution is 5.79. The fourth-order valence-corrected chi connectivity index (χ4v) is 3.09. The minimum atomic E-state index is -4.38. The van der Waals surface area contributed by atoms with Crippen molar-refractivity contribution in [3.63, 3.8) is 0 Å². The number of alkyl halides is 3. The van der Waals surface area contributed by atoms with E-state index in [9.17, 15) is 18.0 Å². The van der Waals surface area contributed by atoms with Crippen molar-refractivity contribution >= 4 is 5.91 Å². The van der Waals surface area contributed by atoms with Crippen molar-refractivity contribution in [3.8, 4) is 0 Å². The van der Waals surface area contributed by atoms with E-state index < -0.39 is 17.8 Å². The molecule has 1 aliphatic carbocycles. The lowest BCUT2D eigenvalue weighted by Crippen LogP contribution is -2.33. The van der Waals surface area contributed by atoms with Crippen LogP contribution in [0.5, 0.6) is 0 Å². The molecular weight excluding hydrogens is 305 g/mol. The molecule has 1 aliphatic rings. The molecule has 0 heterocycles. The summed E-state index contributed by atoms with van der Waals surface area (Å²) in [5.74, 6) is -0.232. The Bertz CT molecular complexity index is 545. The number of hydrogen-bond acceptors (Lipinski definition) is 2. The standard InChI is InChI=1S/C17H23F3N2O/c1-2-4-15(22-16(23)12-7-8-14(21)10-12)11-5-3-6-13(9-11)17(18,19)20/h3,5-6,9,12,14-15H,2,4,7-8,10,21H2,1H3,(H,22,23). The lowest BCUT2D eigenvalue weighted by Gasteiger charge is -2.22. The van der Waals surface area contributed by atoms with Crippen LogP contribution >= 0.6 is 0 Å². The molecule has 128 valence electrons. The van der Waals surface area contributed by atoms with Gasteiger partial charge in [0.05, 0.1) is 11.6 Å². The molecule has 0 bridgehead atoms. The summed E-state index contributed by atoms with van der Waals surface area (Å²) in [7, 11) is 0. The van der Waals surface area contributed by atoms with Gasteiger partial charge >= 0.3 is 6.18 Å². The van der Waals surface area contributed by atoms with Crippen LogP contribution in [-0.4, -0.2) is 11.9 Å². The molecule has 0 aliphatic heterocycles. The van der Waals surface area contributed by atoms with Crippen molar-refractivity contribution in [2.24, 2.45) is 11.7 Å². The van der Waals surface area contributed by atoms with Crippen LogP contribution in [0.2, 0.25) is 0 Å². The van der Waals surface area contributed by atoms with Crippen molar-refractivity contribution < 1.29 is 18.0 Å². The van der Waals surface area contributed by atoms with Gasteiger partial charge in [0.25, 0.3) is 0 Å². The highest BCUT2D eigenvalue weighted by Gasteiger charge is 2.32. The van der Waals surface area contributed by atoms with E-state index in [1.165, 1.54) is 6.07 Å². The van der Waals surface area contributed by atoms with Gasteiger partial charge < -0.3 is 11.1 Å². The van der Waals surface area contributed by atoms with E-state index in [1.54, 1.807) is 6.07 Å². The van der Waals surface area contributed by atoms with Crippen LogP contribution in [0.3, 0.4) is 0 Å². The zero-order chi connectivity index (χ0) is 17.0. The van der Waals surface area contributed by atoms with E-state index in [-0.39, 0.29) is 17.9 Å². The maximum atomic E-state index is 12.9. The number of halogens is 3. The van der Waals surface area contributed by atoms with Gasteiger partial charge in [-0.1, -0.05) is 25.5 Å². The summed E-state index contributed by atoms with van der Waals surface area (Å²) in [6, 6.07) is 4.84. The number of hydrogen-bond donors (Lipinski definition) is 2. The topological polar surface area (TPSA) is 55.1 Å². The maximum Gasteiger partial charge on any atom is 0.416 e. The third-order valence-corrected chi connectivity index (χ3v) is 4.35. The van der Waals surface area contributed by atoms with Crippen molar-refractivity contribution in [2.75, 3.05) is 0 Å². The van der Waals surface area contributed by atoms with E-state index in [2.05, 4.69) is 5.32 Å². The van der Waals surface area contributed by atoms with Crippen LogP contribution in [0, 0.1) is 5.92 Å². The molecular formula is C17H23F3N2O. The normalized spacial score (nSPS) is 22.8. The second-order valence-electron chi connectivity index (χ2n) is 6.24. The lowest BCUT2D eigenvalue weighted by atomic mass is 9.98. The summed E-state index contributed by atoms with van der Waals surface area (Å²) in [5.41, 5.74) is 5.64. The summed E-state index contributed by atoms with van der Waals surface area (Å²) in [6.45, 7) is 1.94. The Kier molecular flexibility index (Phi) is 5.68. The van der Waals surface area contributed by atoms with Crippen LogP contribution < -0.4 is 11.1 Å². The van der Waals surface area contributed by atoms with Gasteiger partial charge in [-0.3, -0.25) is 4.79 Å². The molecule has 3 atom stereocenters. The molecule has 0 radical (unpaired) electrons. The SMILES string of the molecule is CCCC(NC(=O)C1CCC(N)C1)c1cccc(C(F)(F)F)c1. The Morgan fingerprint density at radius 1 is 1.39 bits per heavy atom. The van der Waals surface area contributed by atoms with Gasteiger partial charge in [-0.15, -0.1) is 0 Å². The summed E-state index contributed by atoms with van der Waals surface area (Å²) in [6.07, 6.45) is -0.798. The quantitative estimate of drug-likeness (QED) is 0.864. The first-order valence-electron chi connectivity index (χ1n) is 8.04. The van der Waals surface area contributed by atoms with Gasteiger partial charge in [0, 0.05) is 12.0 Å². The Hall–Kier alpha value is -1.56. The minimum absolute atomic E-state index is 0.0453. The summed E-state index contributed by atoms with van der Waals surface area (Å²) >= 11 is 0. The van der Waals surface area contributed by atoms with Gasteiger partial charge in [0.1, 0.15) is 0 Å². The van der Waals surface area contributed by atoms with E-state index in [1.807, 2.05) is 6.92 Å². The first kappa shape index (κ1) is 17.8. The van der Waals surface area contributed by atoms with Gasteiger partial charge in [-0.25, -0.2) is 0 Å². The maximum absolute atomic E-state index is 12.9. The molecule has 0 saturated heterocycles. The average molecular weight is 328 g/mol. The lowest BCUT2D eigenvalue weighted by molar-refractivity contribution is -0.137. The number of amides is 1. The molecule has 3 N–H and O–H groups in total. The number of nitrogens with one attached hydrogen (secondary N) is 1. The van der Waals surface area contributed by atoms with E-state index in [0.29, 0.717) is 18.4 Å². The molecule has 0 aromatic heterocycles. The zero-order valence-electron chi connectivity index (χ0n) is 13.2. The Balaban J connectivity index is 2.13. The molecule has 3 unspecified atom stereocenters. The van der Waals surface area contributed by atoms with Gasteiger partial charge in [0.2, 0.25) is 5.91 Å². The second-order valence-corrected chi connectivity index (χ2v) is 6.24. The fourth-order valence-electron chi connectivity index (χ4n) is 3.09. The Morgan fingerprint density at radius 3 is 2.70 bits per heavy atom. The number of nitrogens with two attached hydrogens (primary N) is 1. The van der Waals surface area contributed by atoms with E-state index >= 15 is 0 Å². The molecule has 0 spiro atoms. The molecule has 1 aromatic rings. The second kappa shape index (κ2) is 7.34. The predicted molar refractivity (Wildman–Crippen MR) is 82.6 cm³/mol. The van der Waals surface area contributed by atoms with Crippen LogP contribution in [-0.2, 0) is 11.0 Å². The van der Waals surface area contributed by atoms with Crippen LogP contribution in [0.15, 0.2) is 24.3 Å². The Labute approximate surface area is 134 Å². The Morgan fingerprint density at radius 2 is 2.13 bits per heavy atom. The third-order valence-electron chi connectivity index (χ3n) is 4.35. The number of carbonyl (C=O) groups excluding carboxylic acids is 1. The van der Waals surface area contributed by atoms with E-state index in [4.69, 9.17) is 5.73 Å². The van der Waals surface area contributed by atoms with Crippen molar-refractivity contribution in [3.05, 3.63) is 35.4 Å². The molecule has 1 aromatic carbocycles. The highest BCUT2D eigenvalue weighted by Crippen LogP contribution is 2.32. The first-order chi connectivity index (χ1) is 10.8. The molecule has 2 rings (SSSR count). The summed E-state index contributed by atoms with van der Waals surface area (Å²) in [5, 5.41) is 2.91. The van der Waals surface area contributed by atoms with Crippen LogP contribution in [0.1, 0.15) is 56.2 Å². The van der Waals surface area contributed by atoms with Gasteiger partial charge in [0.15, 0.2) is 0 Å². The smallest absolute Gasteiger partial charge is 0.349 e. The zero-order valence-corrected chi connectivity index (χ0v) is 13.2. The molecule has 23 heavy (non-hydrogen) atoms. The minimum Gasteiger partial charge on any atom is -0.349 e. The predicted octanol–water partition coefficient (Wildman–Crippen LogP) is 3.79. The third kappa shape index (κ3) is 4.70. The van der Waals surface area contributed by atoms with Gasteiger partial charge in [-0.05, 0) is 43.4 Å². The van der Waals surface area contributed by atoms with Gasteiger partial charge in [-0.2, -0.15) is 13.2 Å². The van der Waals surface area contributed by atoms with Crippen molar-refractivity contribution in [1.29, 1.82) is 0 Å². The molecule has 1 amide bonds. The first-order valence-corrected chi connectivity index (χ1v) is 8.04. The summed E-state index contributed by atoms with van der Waals surface area (Å²) in [4.78, 5) is 12.3. The highest BCUT2D eigenvalue weighted by atomic mass is 19.4. The molecule has 1 fully saturated rings. The number of benzene rings is 1. The van der Waals surface area contributed by atoms with Crippen LogP contribution in [0.25, 0.3) is 0 Å². The van der Waals surface area contributed by atoms with Crippen molar-refractivity contribution in [2.45, 2.75) is 57.3 Å². The van der Waals surface area contributed by atoms with E-state index in [0.717, 1.165) is 31.4 Å². The summed E-state index contributed by atoms with van der Waals surface area (Å²) < 4.78 is 38.6. The fraction of sp³-hybridized carbons (Fsp3) is 0.588. The van der Waals surface area contributed by atoms with Crippen molar-refractivity contribution in [1.82, 2.24) is 5.32 Å². The molecule has 1 saturated carbocycles. The van der Waals surface area contributed by atoms with Crippen LogP contribution in [0.4, 0.5) is 13.2 Å². The monoisotopic (exact) mass is 328 g/mol. The molecule has 6 heteroatoms. The average Bonchev–Trinajstić information content (AvgIpc) is 2.93. The number of rotatable bonds is 5. The largest absolute Gasteiger partial charge is 0.416 e. The molecule has 3 nitrogen and oxygen atoms in total. The number of carbonyl (C=O) groups is 1.